The highest BCUT2D eigenvalue weighted by atomic mass is 35.5. The second-order valence-electron chi connectivity index (χ2n) is 7.52. The Morgan fingerprint density at radius 2 is 1.46 bits per heavy atom. The van der Waals surface area contributed by atoms with E-state index in [1.165, 1.54) is 22.3 Å². The molecule has 1 N–H and O–H groups in total. The number of hydrogen-bond acceptors (Lipinski definition) is 3. The lowest BCUT2D eigenvalue weighted by Crippen LogP contribution is -2.38. The van der Waals surface area contributed by atoms with Crippen molar-refractivity contribution in [1.82, 2.24) is 4.90 Å². The average Bonchev–Trinajstić information content (AvgIpc) is 2.67. The Hall–Kier alpha value is -1.88. The Bertz CT molecular complexity index is 692. The van der Waals surface area contributed by atoms with E-state index in [-0.39, 0.29) is 31.0 Å². The molecule has 0 atom stereocenters. The predicted octanol–water partition coefficient (Wildman–Crippen LogP) is 4.77. The minimum absolute atomic E-state index is 0. The summed E-state index contributed by atoms with van der Waals surface area (Å²) in [6.45, 7) is 6.61. The number of likely N-dealkylation sites (tertiary alicyclic amines) is 1. The maximum atomic E-state index is 10.8. The zero-order valence-electron chi connectivity index (χ0n) is 16.6. The van der Waals surface area contributed by atoms with Crippen LogP contribution in [0.5, 0.6) is 0 Å². The van der Waals surface area contributed by atoms with Crippen LogP contribution in [0, 0.1) is 13.8 Å². The van der Waals surface area contributed by atoms with Crippen LogP contribution in [0.4, 0.5) is 0 Å². The highest BCUT2D eigenvalue weighted by molar-refractivity contribution is 5.85. The van der Waals surface area contributed by atoms with Crippen LogP contribution >= 0.6 is 12.4 Å². The molecular weight excluding hydrogens is 374 g/mol. The largest absolute Gasteiger partial charge is 0.481 e. The fourth-order valence-corrected chi connectivity index (χ4v) is 3.55. The lowest BCUT2D eigenvalue weighted by molar-refractivity contribution is -0.137. The number of aliphatic carboxylic acids is 1. The van der Waals surface area contributed by atoms with Gasteiger partial charge in [0.1, 0.15) is 6.10 Å². The van der Waals surface area contributed by atoms with Crippen LogP contribution in [0.25, 0.3) is 0 Å². The van der Waals surface area contributed by atoms with Gasteiger partial charge in [-0.05, 0) is 37.8 Å². The van der Waals surface area contributed by atoms with E-state index in [2.05, 4.69) is 67.3 Å². The molecule has 152 valence electrons. The molecule has 3 rings (SSSR count). The smallest absolute Gasteiger partial charge is 0.304 e. The van der Waals surface area contributed by atoms with E-state index in [1.807, 2.05) is 0 Å². The van der Waals surface area contributed by atoms with Gasteiger partial charge in [0.25, 0.3) is 0 Å². The van der Waals surface area contributed by atoms with E-state index in [0.717, 1.165) is 25.9 Å². The van der Waals surface area contributed by atoms with Gasteiger partial charge in [-0.25, -0.2) is 0 Å². The van der Waals surface area contributed by atoms with Gasteiger partial charge < -0.3 is 14.7 Å². The molecule has 28 heavy (non-hydrogen) atoms. The molecule has 4 nitrogen and oxygen atoms in total. The topological polar surface area (TPSA) is 49.8 Å². The molecule has 2 aromatic rings. The first-order chi connectivity index (χ1) is 13.0. The molecule has 5 heteroatoms. The van der Waals surface area contributed by atoms with Crippen LogP contribution in [0.3, 0.4) is 0 Å². The average molecular weight is 404 g/mol. The Kier molecular flexibility index (Phi) is 8.49. The molecule has 1 heterocycles. The van der Waals surface area contributed by atoms with Crippen molar-refractivity contribution in [2.45, 2.75) is 45.3 Å². The van der Waals surface area contributed by atoms with Crippen molar-refractivity contribution in [3.63, 3.8) is 0 Å². The van der Waals surface area contributed by atoms with E-state index in [9.17, 15) is 4.79 Å². The number of carboxylic acids is 1. The summed E-state index contributed by atoms with van der Waals surface area (Å²) in [4.78, 5) is 13.0. The van der Waals surface area contributed by atoms with Gasteiger partial charge in [0.05, 0.1) is 12.5 Å². The Morgan fingerprint density at radius 3 is 1.89 bits per heavy atom. The van der Waals surface area contributed by atoms with Crippen molar-refractivity contribution in [2.24, 2.45) is 0 Å². The lowest BCUT2D eigenvalue weighted by Gasteiger charge is -2.34. The predicted molar refractivity (Wildman–Crippen MR) is 114 cm³/mol. The fraction of sp³-hybridized carbons (Fsp3) is 0.435. The summed E-state index contributed by atoms with van der Waals surface area (Å²) in [5, 5.41) is 8.85. The summed E-state index contributed by atoms with van der Waals surface area (Å²) in [7, 11) is 0. The van der Waals surface area contributed by atoms with Crippen molar-refractivity contribution in [2.75, 3.05) is 19.6 Å². The summed E-state index contributed by atoms with van der Waals surface area (Å²) in [5.74, 6) is -0.729. The first-order valence-electron chi connectivity index (χ1n) is 9.74. The molecule has 0 aliphatic carbocycles. The minimum atomic E-state index is -0.729. The molecule has 1 aliphatic heterocycles. The minimum Gasteiger partial charge on any atom is -0.481 e. The zero-order chi connectivity index (χ0) is 19.2. The molecule has 0 unspecified atom stereocenters. The zero-order valence-corrected chi connectivity index (χ0v) is 17.5. The lowest BCUT2D eigenvalue weighted by atomic mass is 9.98. The van der Waals surface area contributed by atoms with Crippen molar-refractivity contribution in [3.05, 3.63) is 70.8 Å². The van der Waals surface area contributed by atoms with E-state index < -0.39 is 5.97 Å². The van der Waals surface area contributed by atoms with Gasteiger partial charge in [0, 0.05) is 19.6 Å². The normalized spacial score (nSPS) is 15.4. The van der Waals surface area contributed by atoms with Crippen molar-refractivity contribution in [1.29, 1.82) is 0 Å². The number of carbonyl (C=O) groups is 1. The molecule has 2 aromatic carbocycles. The molecule has 0 spiro atoms. The molecule has 1 aliphatic rings. The van der Waals surface area contributed by atoms with Gasteiger partial charge in [0.15, 0.2) is 0 Å². The number of rotatable bonds is 7. The highest BCUT2D eigenvalue weighted by Crippen LogP contribution is 2.30. The van der Waals surface area contributed by atoms with Gasteiger partial charge in [-0.1, -0.05) is 59.7 Å². The number of nitrogens with zero attached hydrogens (tertiary/aromatic N) is 1. The Morgan fingerprint density at radius 1 is 1.00 bits per heavy atom. The number of aryl methyl sites for hydroxylation is 2. The van der Waals surface area contributed by atoms with Crippen LogP contribution in [0.1, 0.15) is 47.6 Å². The van der Waals surface area contributed by atoms with Gasteiger partial charge >= 0.3 is 5.97 Å². The monoisotopic (exact) mass is 403 g/mol. The van der Waals surface area contributed by atoms with E-state index in [4.69, 9.17) is 9.84 Å². The quantitative estimate of drug-likeness (QED) is 0.723. The third-order valence-electron chi connectivity index (χ3n) is 5.27. The number of carboxylic acid groups (broad SMARTS) is 1. The van der Waals surface area contributed by atoms with E-state index >= 15 is 0 Å². The standard InChI is InChI=1S/C23H29NO3.ClH/c1-17-3-7-19(8-4-17)23(20-9-5-18(2)6-10-20)27-21-11-14-24(15-12-21)16-13-22(25)26;/h3-10,21,23H,11-16H2,1-2H3,(H,25,26);1H. The maximum Gasteiger partial charge on any atom is 0.304 e. The third kappa shape index (κ3) is 6.33. The van der Waals surface area contributed by atoms with Crippen LogP contribution in [-0.2, 0) is 9.53 Å². The van der Waals surface area contributed by atoms with E-state index in [1.54, 1.807) is 0 Å². The van der Waals surface area contributed by atoms with Crippen molar-refractivity contribution < 1.29 is 14.6 Å². The van der Waals surface area contributed by atoms with E-state index in [0.29, 0.717) is 6.54 Å². The number of halogens is 1. The number of ether oxygens (including phenoxy) is 1. The Labute approximate surface area is 173 Å². The van der Waals surface area contributed by atoms with Crippen LogP contribution in [0.2, 0.25) is 0 Å². The summed E-state index contributed by atoms with van der Waals surface area (Å²) >= 11 is 0. The molecule has 0 aromatic heterocycles. The first kappa shape index (κ1) is 22.4. The van der Waals surface area contributed by atoms with Crippen LogP contribution in [-0.4, -0.2) is 41.7 Å². The van der Waals surface area contributed by atoms with Crippen molar-refractivity contribution in [3.8, 4) is 0 Å². The molecule has 0 amide bonds. The third-order valence-corrected chi connectivity index (χ3v) is 5.27. The van der Waals surface area contributed by atoms with Crippen LogP contribution in [0.15, 0.2) is 48.5 Å². The molecule has 1 fully saturated rings. The molecule has 0 radical (unpaired) electrons. The molecule has 1 saturated heterocycles. The number of benzene rings is 2. The number of piperidine rings is 1. The SMILES string of the molecule is Cc1ccc(C(OC2CCN(CCC(=O)O)CC2)c2ccc(C)cc2)cc1.Cl. The summed E-state index contributed by atoms with van der Waals surface area (Å²) in [6, 6.07) is 17.2. The van der Waals surface area contributed by atoms with Crippen LogP contribution < -0.4 is 0 Å². The number of hydrogen-bond donors (Lipinski definition) is 1. The summed E-state index contributed by atoms with van der Waals surface area (Å²) in [5.41, 5.74) is 4.84. The maximum absolute atomic E-state index is 10.8. The van der Waals surface area contributed by atoms with Gasteiger partial charge in [-0.2, -0.15) is 0 Å². The second kappa shape index (κ2) is 10.6. The molecular formula is C23H30ClNO3. The molecule has 0 saturated carbocycles. The van der Waals surface area contributed by atoms with Crippen molar-refractivity contribution >= 4 is 18.4 Å². The Balaban J connectivity index is 0.00000280. The van der Waals surface area contributed by atoms with Gasteiger partial charge in [-0.3, -0.25) is 4.79 Å². The summed E-state index contributed by atoms with van der Waals surface area (Å²) in [6.07, 6.45) is 2.21. The summed E-state index contributed by atoms with van der Waals surface area (Å²) < 4.78 is 6.57. The van der Waals surface area contributed by atoms with Gasteiger partial charge in [-0.15, -0.1) is 12.4 Å². The first-order valence-corrected chi connectivity index (χ1v) is 9.74. The molecule has 0 bridgehead atoms. The fourth-order valence-electron chi connectivity index (χ4n) is 3.55. The highest BCUT2D eigenvalue weighted by Gasteiger charge is 2.25. The second-order valence-corrected chi connectivity index (χ2v) is 7.52. The van der Waals surface area contributed by atoms with Gasteiger partial charge in [0.2, 0.25) is 0 Å².